The average molecular weight is 418 g/mol. The van der Waals surface area contributed by atoms with E-state index in [0.717, 1.165) is 29.3 Å². The molecule has 0 bridgehead atoms. The molecule has 1 atom stereocenters. The van der Waals surface area contributed by atoms with E-state index in [-0.39, 0.29) is 23.1 Å². The maximum atomic E-state index is 13.1. The third-order valence-corrected chi connectivity index (χ3v) is 4.74. The number of benzene rings is 2. The van der Waals surface area contributed by atoms with Crippen molar-refractivity contribution in [2.45, 2.75) is 26.4 Å². The number of esters is 1. The molecule has 0 amide bonds. The third-order valence-electron chi connectivity index (χ3n) is 4.74. The predicted molar refractivity (Wildman–Crippen MR) is 116 cm³/mol. The zero-order chi connectivity index (χ0) is 22.5. The standard InChI is InChI=1S/C25H22O6/c1-15(2)8-12-21(31-22(29)13-9-16-6-4-3-5-7-16)17-14-20(28)23-18(26)10-11-19(27)24(23)25(17)30/h3-11,13-14,21,26-27H,12H2,1-2H3. The van der Waals surface area contributed by atoms with Crippen LogP contribution in [0, 0.1) is 0 Å². The van der Waals surface area contributed by atoms with Gasteiger partial charge in [0.1, 0.15) is 17.6 Å². The number of fused-ring (bicyclic) bond motifs is 1. The fraction of sp³-hybridized carbons (Fsp3) is 0.160. The van der Waals surface area contributed by atoms with Gasteiger partial charge >= 0.3 is 5.97 Å². The number of hydrogen-bond acceptors (Lipinski definition) is 6. The van der Waals surface area contributed by atoms with E-state index in [9.17, 15) is 24.6 Å². The van der Waals surface area contributed by atoms with Gasteiger partial charge in [-0.2, -0.15) is 0 Å². The molecule has 0 saturated carbocycles. The van der Waals surface area contributed by atoms with Crippen molar-refractivity contribution >= 4 is 23.6 Å². The van der Waals surface area contributed by atoms with Gasteiger partial charge in [0.25, 0.3) is 0 Å². The highest BCUT2D eigenvalue weighted by atomic mass is 16.5. The van der Waals surface area contributed by atoms with E-state index in [1.807, 2.05) is 44.2 Å². The smallest absolute Gasteiger partial charge is 0.331 e. The first-order valence-electron chi connectivity index (χ1n) is 9.70. The molecule has 1 aliphatic rings. The van der Waals surface area contributed by atoms with Crippen molar-refractivity contribution in [1.29, 1.82) is 0 Å². The number of allylic oxidation sites excluding steroid dienone is 2. The number of hydrogen-bond donors (Lipinski definition) is 2. The second-order valence-corrected chi connectivity index (χ2v) is 7.33. The SMILES string of the molecule is CC(C)=CCC(OC(=O)C=Cc1ccccc1)C1=CC(=O)c2c(O)ccc(O)c2C1=O. The molecule has 0 aromatic heterocycles. The molecule has 31 heavy (non-hydrogen) atoms. The first kappa shape index (κ1) is 21.8. The molecule has 0 aliphatic heterocycles. The highest BCUT2D eigenvalue weighted by Gasteiger charge is 2.35. The Labute approximate surface area is 179 Å². The van der Waals surface area contributed by atoms with Crippen molar-refractivity contribution in [1.82, 2.24) is 0 Å². The number of ether oxygens (including phenoxy) is 1. The summed E-state index contributed by atoms with van der Waals surface area (Å²) >= 11 is 0. The lowest BCUT2D eigenvalue weighted by Crippen LogP contribution is -2.28. The van der Waals surface area contributed by atoms with Crippen LogP contribution >= 0.6 is 0 Å². The summed E-state index contributed by atoms with van der Waals surface area (Å²) in [6, 6.07) is 11.5. The summed E-state index contributed by atoms with van der Waals surface area (Å²) < 4.78 is 5.51. The monoisotopic (exact) mass is 418 g/mol. The van der Waals surface area contributed by atoms with Crippen LogP contribution in [0.25, 0.3) is 6.08 Å². The molecule has 2 N–H and O–H groups in total. The average Bonchev–Trinajstić information content (AvgIpc) is 2.74. The summed E-state index contributed by atoms with van der Waals surface area (Å²) in [7, 11) is 0. The number of carbonyl (C=O) groups excluding carboxylic acids is 3. The van der Waals surface area contributed by atoms with Crippen LogP contribution < -0.4 is 0 Å². The molecular weight excluding hydrogens is 396 g/mol. The fourth-order valence-corrected chi connectivity index (χ4v) is 3.21. The van der Waals surface area contributed by atoms with Crippen molar-refractivity contribution in [2.75, 3.05) is 0 Å². The van der Waals surface area contributed by atoms with Gasteiger partial charge in [-0.1, -0.05) is 42.0 Å². The minimum atomic E-state index is -1.03. The van der Waals surface area contributed by atoms with Crippen molar-refractivity contribution in [3.05, 3.63) is 88.5 Å². The van der Waals surface area contributed by atoms with E-state index in [1.165, 1.54) is 6.08 Å². The van der Waals surface area contributed by atoms with Gasteiger partial charge in [-0.3, -0.25) is 9.59 Å². The Hall–Kier alpha value is -3.93. The van der Waals surface area contributed by atoms with E-state index in [4.69, 9.17) is 4.74 Å². The first-order chi connectivity index (χ1) is 14.8. The van der Waals surface area contributed by atoms with E-state index in [2.05, 4.69) is 0 Å². The molecule has 158 valence electrons. The van der Waals surface area contributed by atoms with Gasteiger partial charge in [-0.15, -0.1) is 0 Å². The lowest BCUT2D eigenvalue weighted by Gasteiger charge is -2.23. The Morgan fingerprint density at radius 2 is 1.65 bits per heavy atom. The van der Waals surface area contributed by atoms with Crippen LogP contribution in [0.4, 0.5) is 0 Å². The maximum Gasteiger partial charge on any atom is 0.331 e. The number of phenolic OH excluding ortho intramolecular Hbond substituents is 2. The number of rotatable bonds is 6. The quantitative estimate of drug-likeness (QED) is 0.312. The van der Waals surface area contributed by atoms with Crippen LogP contribution in [0.5, 0.6) is 11.5 Å². The van der Waals surface area contributed by atoms with Gasteiger partial charge in [0.15, 0.2) is 11.6 Å². The van der Waals surface area contributed by atoms with Crippen LogP contribution in [0.3, 0.4) is 0 Å². The van der Waals surface area contributed by atoms with Crippen LogP contribution in [-0.4, -0.2) is 33.9 Å². The topological polar surface area (TPSA) is 101 Å². The van der Waals surface area contributed by atoms with Crippen LogP contribution in [-0.2, 0) is 9.53 Å². The molecule has 0 spiro atoms. The first-order valence-corrected chi connectivity index (χ1v) is 9.70. The molecule has 0 heterocycles. The van der Waals surface area contributed by atoms with E-state index < -0.39 is 35.1 Å². The molecule has 0 fully saturated rings. The Bertz CT molecular complexity index is 1120. The van der Waals surface area contributed by atoms with Gasteiger partial charge in [-0.25, -0.2) is 4.79 Å². The summed E-state index contributed by atoms with van der Waals surface area (Å²) in [5.41, 5.74) is 1.14. The van der Waals surface area contributed by atoms with E-state index in [1.54, 1.807) is 12.2 Å². The van der Waals surface area contributed by atoms with E-state index >= 15 is 0 Å². The Kier molecular flexibility index (Phi) is 6.50. The van der Waals surface area contributed by atoms with Crippen molar-refractivity contribution in [2.24, 2.45) is 0 Å². The normalized spacial score (nSPS) is 14.1. The molecule has 2 aromatic rings. The number of ketones is 2. The van der Waals surface area contributed by atoms with Gasteiger partial charge in [0.2, 0.25) is 0 Å². The van der Waals surface area contributed by atoms with Crippen LogP contribution in [0.15, 0.2) is 71.8 Å². The zero-order valence-corrected chi connectivity index (χ0v) is 17.2. The number of carbonyl (C=O) groups is 3. The number of Topliss-reactive ketones (excluding diaryl/α,β-unsaturated/α-hetero) is 1. The number of aromatic hydroxyl groups is 2. The van der Waals surface area contributed by atoms with Crippen LogP contribution in [0.2, 0.25) is 0 Å². The zero-order valence-electron chi connectivity index (χ0n) is 17.2. The van der Waals surface area contributed by atoms with Gasteiger partial charge in [0, 0.05) is 18.1 Å². The number of phenols is 2. The maximum absolute atomic E-state index is 13.1. The molecule has 6 heteroatoms. The second kappa shape index (κ2) is 9.26. The minimum absolute atomic E-state index is 0.0580. The summed E-state index contributed by atoms with van der Waals surface area (Å²) in [6.45, 7) is 3.71. The second-order valence-electron chi connectivity index (χ2n) is 7.33. The molecule has 1 aliphatic carbocycles. The highest BCUT2D eigenvalue weighted by Crippen LogP contribution is 2.36. The van der Waals surface area contributed by atoms with Crippen LogP contribution in [0.1, 0.15) is 46.5 Å². The Balaban J connectivity index is 1.92. The lowest BCUT2D eigenvalue weighted by atomic mass is 9.85. The fourth-order valence-electron chi connectivity index (χ4n) is 3.21. The van der Waals surface area contributed by atoms with Gasteiger partial charge in [-0.05, 0) is 43.7 Å². The van der Waals surface area contributed by atoms with E-state index in [0.29, 0.717) is 0 Å². The van der Waals surface area contributed by atoms with Crippen molar-refractivity contribution in [3.63, 3.8) is 0 Å². The third kappa shape index (κ3) is 4.98. The summed E-state index contributed by atoms with van der Waals surface area (Å²) in [5.74, 6) is -2.81. The highest BCUT2D eigenvalue weighted by molar-refractivity contribution is 6.27. The van der Waals surface area contributed by atoms with Gasteiger partial charge < -0.3 is 14.9 Å². The summed E-state index contributed by atoms with van der Waals surface area (Å²) in [4.78, 5) is 38.1. The Morgan fingerprint density at radius 1 is 1.00 bits per heavy atom. The van der Waals surface area contributed by atoms with Crippen molar-refractivity contribution in [3.8, 4) is 11.5 Å². The molecule has 2 aromatic carbocycles. The van der Waals surface area contributed by atoms with Gasteiger partial charge in [0.05, 0.1) is 11.1 Å². The molecule has 0 saturated heterocycles. The summed E-state index contributed by atoms with van der Waals surface area (Å²) in [6.07, 6.45) is 4.82. The molecule has 3 rings (SSSR count). The minimum Gasteiger partial charge on any atom is -0.507 e. The summed E-state index contributed by atoms with van der Waals surface area (Å²) in [5, 5.41) is 20.1. The molecule has 1 unspecified atom stereocenters. The molecule has 0 radical (unpaired) electrons. The molecule has 6 nitrogen and oxygen atoms in total. The van der Waals surface area contributed by atoms with Crippen molar-refractivity contribution < 1.29 is 29.3 Å². The lowest BCUT2D eigenvalue weighted by molar-refractivity contribution is -0.140. The molecular formula is C25H22O6. The predicted octanol–water partition coefficient (Wildman–Crippen LogP) is 4.38. The Morgan fingerprint density at radius 3 is 2.29 bits per heavy atom. The largest absolute Gasteiger partial charge is 0.507 e.